The highest BCUT2D eigenvalue weighted by molar-refractivity contribution is 5.62. The third kappa shape index (κ3) is 1.88. The van der Waals surface area contributed by atoms with Crippen molar-refractivity contribution in [3.63, 3.8) is 0 Å². The first-order valence-corrected chi connectivity index (χ1v) is 5.60. The van der Waals surface area contributed by atoms with Gasteiger partial charge in [0.25, 0.3) is 0 Å². The third-order valence-electron chi connectivity index (χ3n) is 2.73. The fourth-order valence-corrected chi connectivity index (χ4v) is 1.78. The zero-order valence-corrected chi connectivity index (χ0v) is 9.88. The highest BCUT2D eigenvalue weighted by Gasteiger charge is 2.07. The molecule has 0 radical (unpaired) electrons. The van der Waals surface area contributed by atoms with Crippen molar-refractivity contribution >= 4 is 0 Å². The van der Waals surface area contributed by atoms with Crippen molar-refractivity contribution in [2.75, 3.05) is 7.11 Å². The second kappa shape index (κ2) is 4.41. The van der Waals surface area contributed by atoms with E-state index in [1.54, 1.807) is 19.6 Å². The molecular weight excluding hydrogens is 228 g/mol. The van der Waals surface area contributed by atoms with Crippen molar-refractivity contribution in [1.82, 2.24) is 9.97 Å². The Morgan fingerprint density at radius 2 is 2.00 bits per heavy atom. The lowest BCUT2D eigenvalue weighted by Crippen LogP contribution is -1.83. The molecular formula is C14H12N2O2. The molecule has 2 aromatic heterocycles. The Morgan fingerprint density at radius 3 is 2.67 bits per heavy atom. The van der Waals surface area contributed by atoms with Gasteiger partial charge >= 0.3 is 0 Å². The summed E-state index contributed by atoms with van der Waals surface area (Å²) in [4.78, 5) is 7.52. The van der Waals surface area contributed by atoms with Gasteiger partial charge in [0.1, 0.15) is 5.75 Å². The topological polar surface area (TPSA) is 51.1 Å². The second-order valence-corrected chi connectivity index (χ2v) is 3.85. The molecule has 1 N–H and O–H groups in total. The highest BCUT2D eigenvalue weighted by atomic mass is 16.5. The second-order valence-electron chi connectivity index (χ2n) is 3.85. The van der Waals surface area contributed by atoms with E-state index in [4.69, 9.17) is 9.15 Å². The number of H-pyrrole nitrogens is 1. The average Bonchev–Trinajstić information content (AvgIpc) is 3.09. The average molecular weight is 240 g/mol. The lowest BCUT2D eigenvalue weighted by Gasteiger charge is -2.00. The molecule has 0 unspecified atom stereocenters. The number of rotatable bonds is 3. The molecule has 0 saturated carbocycles. The van der Waals surface area contributed by atoms with Crippen LogP contribution in [0.4, 0.5) is 0 Å². The maximum absolute atomic E-state index is 5.29. The smallest absolute Gasteiger partial charge is 0.173 e. The minimum atomic E-state index is 0.728. The summed E-state index contributed by atoms with van der Waals surface area (Å²) >= 11 is 0. The number of nitrogens with one attached hydrogen (secondary N) is 1. The van der Waals surface area contributed by atoms with Crippen LogP contribution >= 0.6 is 0 Å². The van der Waals surface area contributed by atoms with E-state index >= 15 is 0 Å². The van der Waals surface area contributed by atoms with E-state index in [-0.39, 0.29) is 0 Å². The Balaban J connectivity index is 1.92. The van der Waals surface area contributed by atoms with Crippen LogP contribution in [0.15, 0.2) is 53.3 Å². The van der Waals surface area contributed by atoms with Gasteiger partial charge in [0.05, 0.1) is 25.3 Å². The minimum absolute atomic E-state index is 0.728. The van der Waals surface area contributed by atoms with Crippen LogP contribution in [0.25, 0.3) is 22.8 Å². The van der Waals surface area contributed by atoms with E-state index in [2.05, 4.69) is 9.97 Å². The summed E-state index contributed by atoms with van der Waals surface area (Å²) in [6, 6.07) is 11.5. The molecule has 0 aliphatic carbocycles. The van der Waals surface area contributed by atoms with Crippen LogP contribution < -0.4 is 4.74 Å². The van der Waals surface area contributed by atoms with Gasteiger partial charge in [-0.3, -0.25) is 0 Å². The number of furan rings is 1. The van der Waals surface area contributed by atoms with Crippen molar-refractivity contribution < 1.29 is 9.15 Å². The van der Waals surface area contributed by atoms with E-state index < -0.39 is 0 Å². The zero-order valence-electron chi connectivity index (χ0n) is 9.88. The molecule has 0 atom stereocenters. The van der Waals surface area contributed by atoms with Gasteiger partial charge in [0.15, 0.2) is 11.6 Å². The molecule has 0 amide bonds. The van der Waals surface area contributed by atoms with Gasteiger partial charge < -0.3 is 14.1 Å². The van der Waals surface area contributed by atoms with Gasteiger partial charge in [-0.25, -0.2) is 4.98 Å². The number of aromatic nitrogens is 2. The number of benzene rings is 1. The van der Waals surface area contributed by atoms with E-state index in [9.17, 15) is 0 Å². The summed E-state index contributed by atoms with van der Waals surface area (Å²) in [5.41, 5.74) is 2.00. The number of hydrogen-bond donors (Lipinski definition) is 1. The molecule has 3 rings (SSSR count). The number of ether oxygens (including phenoxy) is 1. The summed E-state index contributed by atoms with van der Waals surface area (Å²) in [5, 5.41) is 0. The minimum Gasteiger partial charge on any atom is -0.497 e. The maximum Gasteiger partial charge on any atom is 0.173 e. The van der Waals surface area contributed by atoms with E-state index in [0.717, 1.165) is 28.6 Å². The molecule has 18 heavy (non-hydrogen) atoms. The van der Waals surface area contributed by atoms with Crippen LogP contribution in [0.1, 0.15) is 0 Å². The molecule has 1 aromatic carbocycles. The number of hydrogen-bond acceptors (Lipinski definition) is 3. The van der Waals surface area contributed by atoms with Crippen LogP contribution in [0.3, 0.4) is 0 Å². The van der Waals surface area contributed by atoms with Crippen LogP contribution in [-0.2, 0) is 0 Å². The summed E-state index contributed by atoms with van der Waals surface area (Å²) in [6.07, 6.45) is 3.42. The molecule has 2 heterocycles. The number of nitrogens with zero attached hydrogens (tertiary/aromatic N) is 1. The first kappa shape index (κ1) is 10.7. The molecule has 0 aliphatic rings. The van der Waals surface area contributed by atoms with Crippen molar-refractivity contribution in [2.45, 2.75) is 0 Å². The Hall–Kier alpha value is -2.49. The molecule has 4 nitrogen and oxygen atoms in total. The van der Waals surface area contributed by atoms with Crippen LogP contribution in [0, 0.1) is 0 Å². The number of aromatic amines is 1. The Morgan fingerprint density at radius 1 is 1.17 bits per heavy atom. The maximum atomic E-state index is 5.29. The number of methoxy groups -OCH3 is 1. The normalized spacial score (nSPS) is 10.5. The van der Waals surface area contributed by atoms with Crippen LogP contribution in [0.5, 0.6) is 5.75 Å². The van der Waals surface area contributed by atoms with Gasteiger partial charge in [0, 0.05) is 0 Å². The van der Waals surface area contributed by atoms with Gasteiger partial charge in [-0.2, -0.15) is 0 Å². The fourth-order valence-electron chi connectivity index (χ4n) is 1.78. The molecule has 90 valence electrons. The third-order valence-corrected chi connectivity index (χ3v) is 2.73. The summed E-state index contributed by atoms with van der Waals surface area (Å²) in [5.74, 6) is 2.30. The molecule has 4 heteroatoms. The molecule has 0 fully saturated rings. The number of imidazole rings is 1. The lowest BCUT2D eigenvalue weighted by atomic mass is 10.2. The Kier molecular flexibility index (Phi) is 2.61. The largest absolute Gasteiger partial charge is 0.497 e. The summed E-state index contributed by atoms with van der Waals surface area (Å²) in [7, 11) is 1.65. The van der Waals surface area contributed by atoms with Crippen molar-refractivity contribution in [3.8, 4) is 28.6 Å². The summed E-state index contributed by atoms with van der Waals surface area (Å²) in [6.45, 7) is 0. The van der Waals surface area contributed by atoms with Crippen LogP contribution in [-0.4, -0.2) is 17.1 Å². The molecule has 0 aliphatic heterocycles. The first-order chi connectivity index (χ1) is 8.86. The Bertz CT molecular complexity index is 624. The SMILES string of the molecule is COc1ccc(-c2cnc(-c3ccco3)[nH]2)cc1. The monoisotopic (exact) mass is 240 g/mol. The standard InChI is InChI=1S/C14H12N2O2/c1-17-11-6-4-10(5-7-11)12-9-15-14(16-12)13-3-2-8-18-13/h2-9H,1H3,(H,15,16). The molecule has 0 bridgehead atoms. The van der Waals surface area contributed by atoms with Crippen LogP contribution in [0.2, 0.25) is 0 Å². The molecule has 3 aromatic rings. The predicted octanol–water partition coefficient (Wildman–Crippen LogP) is 3.35. The molecule has 0 spiro atoms. The van der Waals surface area contributed by atoms with E-state index in [1.807, 2.05) is 36.4 Å². The fraction of sp³-hybridized carbons (Fsp3) is 0.0714. The van der Waals surface area contributed by atoms with Gasteiger partial charge in [-0.15, -0.1) is 0 Å². The van der Waals surface area contributed by atoms with E-state index in [0.29, 0.717) is 0 Å². The Labute approximate surface area is 104 Å². The molecule has 0 saturated heterocycles. The van der Waals surface area contributed by atoms with Gasteiger partial charge in [-0.1, -0.05) is 0 Å². The first-order valence-electron chi connectivity index (χ1n) is 5.60. The quantitative estimate of drug-likeness (QED) is 0.763. The highest BCUT2D eigenvalue weighted by Crippen LogP contribution is 2.23. The zero-order chi connectivity index (χ0) is 12.4. The van der Waals surface area contributed by atoms with Crippen molar-refractivity contribution in [3.05, 3.63) is 48.9 Å². The van der Waals surface area contributed by atoms with Gasteiger partial charge in [0.2, 0.25) is 0 Å². The van der Waals surface area contributed by atoms with Gasteiger partial charge in [-0.05, 0) is 42.0 Å². The summed E-state index contributed by atoms with van der Waals surface area (Å²) < 4.78 is 10.4. The van der Waals surface area contributed by atoms with E-state index in [1.165, 1.54) is 0 Å². The predicted molar refractivity (Wildman–Crippen MR) is 68.3 cm³/mol. The van der Waals surface area contributed by atoms with Crippen molar-refractivity contribution in [1.29, 1.82) is 0 Å². The lowest BCUT2D eigenvalue weighted by molar-refractivity contribution is 0.415. The van der Waals surface area contributed by atoms with Crippen molar-refractivity contribution in [2.24, 2.45) is 0 Å².